The Morgan fingerprint density at radius 1 is 1.50 bits per heavy atom. The highest BCUT2D eigenvalue weighted by Crippen LogP contribution is 2.21. The van der Waals surface area contributed by atoms with Crippen LogP contribution in [-0.2, 0) is 20.7 Å². The minimum Gasteiger partial charge on any atom is -0.460 e. The summed E-state index contributed by atoms with van der Waals surface area (Å²) in [6.45, 7) is 1.74. The molecule has 0 amide bonds. The fourth-order valence-corrected chi connectivity index (χ4v) is 1.91. The van der Waals surface area contributed by atoms with Gasteiger partial charge in [0.05, 0.1) is 0 Å². The average Bonchev–Trinajstić information content (AvgIpc) is 2.26. The molecule has 2 atom stereocenters. The third-order valence-electron chi connectivity index (χ3n) is 1.87. The number of carbonyl (C=O) groups is 1. The lowest BCUT2D eigenvalue weighted by molar-refractivity contribution is -0.146. The van der Waals surface area contributed by atoms with Crippen molar-refractivity contribution in [3.05, 3.63) is 35.9 Å². The highest BCUT2D eigenvalue weighted by molar-refractivity contribution is 7.72. The lowest BCUT2D eigenvalue weighted by Crippen LogP contribution is -2.30. The van der Waals surface area contributed by atoms with E-state index < -0.39 is 19.3 Å². The monoisotopic (exact) mass is 260 g/mol. The smallest absolute Gasteiger partial charge is 0.460 e. The Bertz CT molecular complexity index is 372. The average molecular weight is 261 g/mol. The van der Waals surface area contributed by atoms with E-state index in [4.69, 9.17) is 16.0 Å². The zero-order chi connectivity index (χ0) is 12.0. The van der Waals surface area contributed by atoms with Crippen molar-refractivity contribution in [2.24, 2.45) is 0 Å². The Labute approximate surface area is 99.6 Å². The van der Waals surface area contributed by atoms with Gasteiger partial charge in [-0.25, -0.2) is 0 Å². The summed E-state index contributed by atoms with van der Waals surface area (Å²) in [4.78, 5) is 11.4. The summed E-state index contributed by atoms with van der Waals surface area (Å²) < 4.78 is 15.6. The van der Waals surface area contributed by atoms with Gasteiger partial charge in [0, 0.05) is 0 Å². The van der Waals surface area contributed by atoms with Gasteiger partial charge in [0.15, 0.2) is 0 Å². The van der Waals surface area contributed by atoms with Gasteiger partial charge in [-0.15, -0.1) is 0 Å². The van der Waals surface area contributed by atoms with Crippen LogP contribution in [0.3, 0.4) is 0 Å². The van der Waals surface area contributed by atoms with Crippen LogP contribution < -0.4 is 5.09 Å². The predicted octanol–water partition coefficient (Wildman–Crippen LogP) is 2.60. The minimum atomic E-state index is -2.07. The third-order valence-corrected chi connectivity index (χ3v) is 2.76. The quantitative estimate of drug-likeness (QED) is 0.653. The van der Waals surface area contributed by atoms with Crippen LogP contribution in [0, 0.1) is 0 Å². The molecule has 0 aliphatic rings. The Kier molecular flexibility index (Phi) is 5.39. The van der Waals surface area contributed by atoms with Crippen LogP contribution in [0.5, 0.6) is 0 Å². The van der Waals surface area contributed by atoms with E-state index in [2.05, 4.69) is 5.09 Å². The first-order valence-electron chi connectivity index (χ1n) is 4.69. The highest BCUT2D eigenvalue weighted by atomic mass is 35.7. The molecule has 1 rings (SSSR count). The molecule has 4 nitrogen and oxygen atoms in total. The standard InChI is InChI=1S/C10H12ClNO3P/c1-8(12-16(11)14)10(13)15-7-9-5-3-2-4-6-9/h2-6,8H,7H2,1H3,(H,12,14)/q+1/t8-/m0/s1. The first-order chi connectivity index (χ1) is 7.59. The zero-order valence-electron chi connectivity index (χ0n) is 8.72. The summed E-state index contributed by atoms with van der Waals surface area (Å²) in [7, 11) is -2.07. The van der Waals surface area contributed by atoms with Crippen LogP contribution >= 0.6 is 18.5 Å². The number of rotatable bonds is 5. The van der Waals surface area contributed by atoms with Gasteiger partial charge in [-0.1, -0.05) is 35.4 Å². The van der Waals surface area contributed by atoms with Crippen molar-refractivity contribution in [3.8, 4) is 0 Å². The van der Waals surface area contributed by atoms with E-state index in [1.807, 2.05) is 30.3 Å². The molecule has 1 unspecified atom stereocenters. The first-order valence-corrected chi connectivity index (χ1v) is 6.86. The minimum absolute atomic E-state index is 0.199. The molecular weight excluding hydrogens is 249 g/mol. The number of hydrogen-bond acceptors (Lipinski definition) is 3. The summed E-state index contributed by atoms with van der Waals surface area (Å²) in [6.07, 6.45) is 0. The first kappa shape index (κ1) is 13.1. The number of esters is 1. The van der Waals surface area contributed by atoms with Crippen LogP contribution in [0.2, 0.25) is 0 Å². The topological polar surface area (TPSA) is 55.4 Å². The van der Waals surface area contributed by atoms with E-state index in [1.165, 1.54) is 0 Å². The Morgan fingerprint density at radius 2 is 2.12 bits per heavy atom. The van der Waals surface area contributed by atoms with Gasteiger partial charge < -0.3 is 4.74 Å². The highest BCUT2D eigenvalue weighted by Gasteiger charge is 2.23. The van der Waals surface area contributed by atoms with Crippen molar-refractivity contribution >= 4 is 24.5 Å². The molecule has 0 bridgehead atoms. The molecule has 0 saturated heterocycles. The molecule has 0 radical (unpaired) electrons. The molecule has 0 heterocycles. The maximum atomic E-state index is 11.4. The fourth-order valence-electron chi connectivity index (χ4n) is 1.06. The Morgan fingerprint density at radius 3 is 2.69 bits per heavy atom. The second-order valence-corrected chi connectivity index (χ2v) is 4.86. The summed E-state index contributed by atoms with van der Waals surface area (Å²) in [5.41, 5.74) is 0.901. The molecule has 6 heteroatoms. The van der Waals surface area contributed by atoms with E-state index in [-0.39, 0.29) is 6.61 Å². The molecule has 1 aromatic carbocycles. The van der Waals surface area contributed by atoms with Crippen molar-refractivity contribution in [3.63, 3.8) is 0 Å². The van der Waals surface area contributed by atoms with Crippen molar-refractivity contribution in [1.82, 2.24) is 5.09 Å². The Balaban J connectivity index is 2.38. The van der Waals surface area contributed by atoms with Gasteiger partial charge in [0.25, 0.3) is 0 Å². The number of nitrogens with one attached hydrogen (secondary N) is 1. The van der Waals surface area contributed by atoms with E-state index in [0.29, 0.717) is 0 Å². The number of halogens is 1. The van der Waals surface area contributed by atoms with Gasteiger partial charge >= 0.3 is 13.3 Å². The van der Waals surface area contributed by atoms with E-state index >= 15 is 0 Å². The molecule has 0 saturated carbocycles. The number of carbonyl (C=O) groups excluding carboxylic acids is 1. The van der Waals surface area contributed by atoms with Crippen LogP contribution in [0.4, 0.5) is 0 Å². The van der Waals surface area contributed by atoms with Crippen molar-refractivity contribution < 1.29 is 14.1 Å². The van der Waals surface area contributed by atoms with Crippen LogP contribution in [0.1, 0.15) is 12.5 Å². The van der Waals surface area contributed by atoms with Gasteiger partial charge in [0.2, 0.25) is 11.2 Å². The van der Waals surface area contributed by atoms with Gasteiger partial charge in [-0.2, -0.15) is 0 Å². The van der Waals surface area contributed by atoms with Crippen LogP contribution in [0.15, 0.2) is 30.3 Å². The lowest BCUT2D eigenvalue weighted by Gasteiger charge is -2.07. The molecule has 0 fully saturated rings. The van der Waals surface area contributed by atoms with Crippen LogP contribution in [0.25, 0.3) is 0 Å². The lowest BCUT2D eigenvalue weighted by atomic mass is 10.2. The third kappa shape index (κ3) is 4.71. The maximum Gasteiger partial charge on any atom is 0.554 e. The summed E-state index contributed by atoms with van der Waals surface area (Å²) in [6, 6.07) is 8.64. The fraction of sp³-hybridized carbons (Fsp3) is 0.300. The number of ether oxygens (including phenoxy) is 1. The largest absolute Gasteiger partial charge is 0.554 e. The predicted molar refractivity (Wildman–Crippen MR) is 62.3 cm³/mol. The molecule has 0 spiro atoms. The molecular formula is C10H12ClNO3P+. The molecule has 0 aliphatic heterocycles. The van der Waals surface area contributed by atoms with Crippen molar-refractivity contribution in [2.45, 2.75) is 19.6 Å². The summed E-state index contributed by atoms with van der Waals surface area (Å²) in [5.74, 6) is -0.479. The molecule has 1 aromatic rings. The summed E-state index contributed by atoms with van der Waals surface area (Å²) >= 11 is 5.22. The van der Waals surface area contributed by atoms with Crippen LogP contribution in [-0.4, -0.2) is 12.0 Å². The molecule has 0 aliphatic carbocycles. The molecule has 16 heavy (non-hydrogen) atoms. The van der Waals surface area contributed by atoms with E-state index in [1.54, 1.807) is 6.92 Å². The number of benzene rings is 1. The van der Waals surface area contributed by atoms with Gasteiger partial charge in [-0.05, 0) is 17.1 Å². The SMILES string of the molecule is C[C@H](N[P+](=O)Cl)C(=O)OCc1ccccc1. The molecule has 0 aromatic heterocycles. The molecule has 86 valence electrons. The second-order valence-electron chi connectivity index (χ2n) is 3.19. The normalized spacial score (nSPS) is 13.0. The van der Waals surface area contributed by atoms with E-state index in [0.717, 1.165) is 5.56 Å². The van der Waals surface area contributed by atoms with Crippen molar-refractivity contribution in [2.75, 3.05) is 0 Å². The second kappa shape index (κ2) is 6.59. The maximum absolute atomic E-state index is 11.4. The van der Waals surface area contributed by atoms with Gasteiger partial charge in [0.1, 0.15) is 12.6 Å². The van der Waals surface area contributed by atoms with Gasteiger partial charge in [-0.3, -0.25) is 4.79 Å². The zero-order valence-corrected chi connectivity index (χ0v) is 10.4. The number of hydrogen-bond donors (Lipinski definition) is 1. The van der Waals surface area contributed by atoms with Crippen molar-refractivity contribution in [1.29, 1.82) is 0 Å². The Hall–Kier alpha value is -0.960. The molecule has 1 N–H and O–H groups in total. The van der Waals surface area contributed by atoms with E-state index in [9.17, 15) is 9.36 Å². The summed E-state index contributed by atoms with van der Waals surface area (Å²) in [5, 5.41) is 2.38.